The van der Waals surface area contributed by atoms with Gasteiger partial charge < -0.3 is 10.2 Å². The van der Waals surface area contributed by atoms with Crippen LogP contribution in [0.3, 0.4) is 0 Å². The molecule has 0 aromatic carbocycles. The van der Waals surface area contributed by atoms with E-state index in [-0.39, 0.29) is 0 Å². The van der Waals surface area contributed by atoms with Gasteiger partial charge in [-0.15, -0.1) is 0 Å². The number of aromatic nitrogens is 2. The Morgan fingerprint density at radius 2 is 1.81 bits per heavy atom. The van der Waals surface area contributed by atoms with E-state index in [1.807, 2.05) is 12.4 Å². The van der Waals surface area contributed by atoms with Crippen LogP contribution in [-0.2, 0) is 6.54 Å². The molecule has 1 aliphatic heterocycles. The largest absolute Gasteiger partial charge is 0.338 e. The summed E-state index contributed by atoms with van der Waals surface area (Å²) >= 11 is 0. The molecule has 5 heteroatoms. The summed E-state index contributed by atoms with van der Waals surface area (Å²) in [6.07, 6.45) is 6.27. The van der Waals surface area contributed by atoms with Gasteiger partial charge in [0, 0.05) is 56.7 Å². The van der Waals surface area contributed by atoms with Crippen LogP contribution in [-0.4, -0.2) is 53.6 Å². The van der Waals surface area contributed by atoms with Crippen LogP contribution in [0.25, 0.3) is 0 Å². The summed E-state index contributed by atoms with van der Waals surface area (Å²) in [5, 5.41) is 3.37. The normalized spacial score (nSPS) is 18.0. The van der Waals surface area contributed by atoms with Crippen molar-refractivity contribution in [3.05, 3.63) is 18.0 Å². The first-order valence-corrected chi connectivity index (χ1v) is 8.25. The van der Waals surface area contributed by atoms with Crippen molar-refractivity contribution in [3.8, 4) is 0 Å². The van der Waals surface area contributed by atoms with Gasteiger partial charge in [-0.1, -0.05) is 13.8 Å². The van der Waals surface area contributed by atoms with Crippen LogP contribution in [0.2, 0.25) is 0 Å². The quantitative estimate of drug-likeness (QED) is 0.777. The Kier molecular flexibility index (Phi) is 6.39. The molecule has 1 aromatic heterocycles. The molecule has 0 aliphatic carbocycles. The Labute approximate surface area is 128 Å². The van der Waals surface area contributed by atoms with Crippen molar-refractivity contribution in [2.75, 3.05) is 37.6 Å². The summed E-state index contributed by atoms with van der Waals surface area (Å²) < 4.78 is 0. The van der Waals surface area contributed by atoms with Gasteiger partial charge in [0.25, 0.3) is 0 Å². The molecule has 21 heavy (non-hydrogen) atoms. The maximum absolute atomic E-state index is 4.53. The molecule has 0 amide bonds. The molecule has 1 aromatic rings. The fourth-order valence-corrected chi connectivity index (χ4v) is 2.63. The summed E-state index contributed by atoms with van der Waals surface area (Å²) in [6.45, 7) is 12.9. The molecule has 1 fully saturated rings. The third-order valence-corrected chi connectivity index (χ3v) is 4.26. The predicted octanol–water partition coefficient (Wildman–Crippen LogP) is 1.90. The standard InChI is InChI=1S/C16H29N5/c1-4-6-17-11-15-12-18-16(19-13-15)21-9-7-20(8-10-21)14(3)5-2/h12-14,17H,4-11H2,1-3H3. The summed E-state index contributed by atoms with van der Waals surface area (Å²) in [5.74, 6) is 0.873. The van der Waals surface area contributed by atoms with Crippen LogP contribution in [0.4, 0.5) is 5.95 Å². The van der Waals surface area contributed by atoms with Crippen LogP contribution in [0.5, 0.6) is 0 Å². The molecule has 5 nitrogen and oxygen atoms in total. The number of anilines is 1. The Hall–Kier alpha value is -1.20. The van der Waals surface area contributed by atoms with E-state index < -0.39 is 0 Å². The Morgan fingerprint density at radius 1 is 1.14 bits per heavy atom. The minimum Gasteiger partial charge on any atom is -0.338 e. The number of hydrogen-bond donors (Lipinski definition) is 1. The van der Waals surface area contributed by atoms with Gasteiger partial charge in [0.1, 0.15) is 0 Å². The van der Waals surface area contributed by atoms with Crippen molar-refractivity contribution in [2.45, 2.75) is 46.2 Å². The van der Waals surface area contributed by atoms with Crippen LogP contribution in [0.1, 0.15) is 39.2 Å². The van der Waals surface area contributed by atoms with Crippen molar-refractivity contribution < 1.29 is 0 Å². The number of nitrogens with zero attached hydrogens (tertiary/aromatic N) is 4. The van der Waals surface area contributed by atoms with Crippen molar-refractivity contribution in [1.29, 1.82) is 0 Å². The average Bonchev–Trinajstić information content (AvgIpc) is 2.55. The summed E-state index contributed by atoms with van der Waals surface area (Å²) in [6, 6.07) is 0.681. The zero-order valence-electron chi connectivity index (χ0n) is 13.7. The summed E-state index contributed by atoms with van der Waals surface area (Å²) in [5.41, 5.74) is 1.16. The number of hydrogen-bond acceptors (Lipinski definition) is 5. The third-order valence-electron chi connectivity index (χ3n) is 4.26. The highest BCUT2D eigenvalue weighted by Crippen LogP contribution is 2.13. The maximum Gasteiger partial charge on any atom is 0.225 e. The third kappa shape index (κ3) is 4.64. The van der Waals surface area contributed by atoms with E-state index in [0.717, 1.165) is 57.2 Å². The first-order valence-electron chi connectivity index (χ1n) is 8.25. The van der Waals surface area contributed by atoms with Crippen LogP contribution in [0, 0.1) is 0 Å². The molecule has 118 valence electrons. The first-order chi connectivity index (χ1) is 10.2. The molecule has 2 rings (SSSR count). The van der Waals surface area contributed by atoms with E-state index in [4.69, 9.17) is 0 Å². The topological polar surface area (TPSA) is 44.3 Å². The number of piperazine rings is 1. The second-order valence-corrected chi connectivity index (χ2v) is 5.85. The van der Waals surface area contributed by atoms with Gasteiger partial charge in [-0.05, 0) is 26.3 Å². The Morgan fingerprint density at radius 3 is 2.38 bits per heavy atom. The Bertz CT molecular complexity index is 398. The highest BCUT2D eigenvalue weighted by atomic mass is 15.3. The van der Waals surface area contributed by atoms with Gasteiger partial charge in [0.05, 0.1) is 0 Å². The van der Waals surface area contributed by atoms with Crippen molar-refractivity contribution in [2.24, 2.45) is 0 Å². The second-order valence-electron chi connectivity index (χ2n) is 5.85. The van der Waals surface area contributed by atoms with E-state index in [2.05, 4.69) is 45.9 Å². The lowest BCUT2D eigenvalue weighted by molar-refractivity contribution is 0.192. The monoisotopic (exact) mass is 291 g/mol. The molecule has 2 heterocycles. The lowest BCUT2D eigenvalue weighted by atomic mass is 10.2. The highest BCUT2D eigenvalue weighted by molar-refractivity contribution is 5.30. The summed E-state index contributed by atoms with van der Waals surface area (Å²) in [7, 11) is 0. The van der Waals surface area contributed by atoms with Gasteiger partial charge in [-0.25, -0.2) is 9.97 Å². The lowest BCUT2D eigenvalue weighted by Gasteiger charge is -2.37. The molecule has 1 N–H and O–H groups in total. The molecule has 1 aliphatic rings. The van der Waals surface area contributed by atoms with E-state index in [1.165, 1.54) is 6.42 Å². The lowest BCUT2D eigenvalue weighted by Crippen LogP contribution is -2.49. The average molecular weight is 291 g/mol. The fraction of sp³-hybridized carbons (Fsp3) is 0.750. The van der Waals surface area contributed by atoms with E-state index in [9.17, 15) is 0 Å². The second kappa shape index (κ2) is 8.29. The molecule has 0 spiro atoms. The van der Waals surface area contributed by atoms with Crippen LogP contribution >= 0.6 is 0 Å². The zero-order chi connectivity index (χ0) is 15.1. The SMILES string of the molecule is CCCNCc1cnc(N2CCN(C(C)CC)CC2)nc1. The number of nitrogens with one attached hydrogen (secondary N) is 1. The molecule has 1 atom stereocenters. The smallest absolute Gasteiger partial charge is 0.225 e. The van der Waals surface area contributed by atoms with Gasteiger partial charge in [-0.3, -0.25) is 4.90 Å². The van der Waals surface area contributed by atoms with Crippen molar-refractivity contribution >= 4 is 5.95 Å². The molecule has 1 unspecified atom stereocenters. The molecule has 1 saturated heterocycles. The Balaban J connectivity index is 1.83. The first kappa shape index (κ1) is 16.2. The van der Waals surface area contributed by atoms with Gasteiger partial charge in [0.2, 0.25) is 5.95 Å². The minimum absolute atomic E-state index is 0.681. The zero-order valence-corrected chi connectivity index (χ0v) is 13.7. The molecule has 0 bridgehead atoms. The van der Waals surface area contributed by atoms with Gasteiger partial charge in [0.15, 0.2) is 0 Å². The van der Waals surface area contributed by atoms with Crippen molar-refractivity contribution in [3.63, 3.8) is 0 Å². The van der Waals surface area contributed by atoms with Crippen LogP contribution in [0.15, 0.2) is 12.4 Å². The molecular formula is C16H29N5. The molecular weight excluding hydrogens is 262 g/mol. The summed E-state index contributed by atoms with van der Waals surface area (Å²) in [4.78, 5) is 13.9. The predicted molar refractivity (Wildman–Crippen MR) is 87.6 cm³/mol. The van der Waals surface area contributed by atoms with Gasteiger partial charge in [-0.2, -0.15) is 0 Å². The van der Waals surface area contributed by atoms with Gasteiger partial charge >= 0.3 is 0 Å². The molecule has 0 radical (unpaired) electrons. The minimum atomic E-state index is 0.681. The molecule has 0 saturated carbocycles. The maximum atomic E-state index is 4.53. The highest BCUT2D eigenvalue weighted by Gasteiger charge is 2.21. The number of rotatable bonds is 7. The fourth-order valence-electron chi connectivity index (χ4n) is 2.63. The van der Waals surface area contributed by atoms with E-state index in [0.29, 0.717) is 6.04 Å². The van der Waals surface area contributed by atoms with Crippen molar-refractivity contribution in [1.82, 2.24) is 20.2 Å². The van der Waals surface area contributed by atoms with E-state index in [1.54, 1.807) is 0 Å². The van der Waals surface area contributed by atoms with E-state index >= 15 is 0 Å². The van der Waals surface area contributed by atoms with Crippen LogP contribution < -0.4 is 10.2 Å².